The van der Waals surface area contributed by atoms with Gasteiger partial charge in [0, 0.05) is 6.07 Å². The van der Waals surface area contributed by atoms with Gasteiger partial charge in [0.05, 0.1) is 14.2 Å². The van der Waals surface area contributed by atoms with Crippen LogP contribution in [-0.4, -0.2) is 19.3 Å². The highest BCUT2D eigenvalue weighted by Crippen LogP contribution is 2.30. The fraction of sp³-hybridized carbons (Fsp3) is 0.250. The third-order valence-corrected chi connectivity index (χ3v) is 3.19. The average molecular weight is 276 g/mol. The molecule has 4 heteroatoms. The second-order valence-electron chi connectivity index (χ2n) is 4.56. The van der Waals surface area contributed by atoms with Gasteiger partial charge in [0.25, 0.3) is 0 Å². The lowest BCUT2D eigenvalue weighted by molar-refractivity contribution is 0.219. The van der Waals surface area contributed by atoms with Crippen molar-refractivity contribution in [2.45, 2.75) is 13.0 Å². The largest absolute Gasteiger partial charge is 0.497 e. The van der Waals surface area contributed by atoms with Gasteiger partial charge in [-0.25, -0.2) is 4.39 Å². The molecular formula is C16H17FO3. The summed E-state index contributed by atoms with van der Waals surface area (Å²) in [5, 5.41) is 10.4. The van der Waals surface area contributed by atoms with E-state index >= 15 is 0 Å². The molecule has 0 bridgehead atoms. The number of ether oxygens (including phenoxy) is 2. The van der Waals surface area contributed by atoms with E-state index in [9.17, 15) is 9.50 Å². The first-order valence-electron chi connectivity index (χ1n) is 6.22. The molecule has 0 aliphatic heterocycles. The molecule has 0 saturated carbocycles. The van der Waals surface area contributed by atoms with Crippen LogP contribution in [0.5, 0.6) is 11.5 Å². The molecule has 0 fully saturated rings. The third kappa shape index (κ3) is 2.91. The topological polar surface area (TPSA) is 38.7 Å². The summed E-state index contributed by atoms with van der Waals surface area (Å²) < 4.78 is 23.6. The van der Waals surface area contributed by atoms with Crippen molar-refractivity contribution < 1.29 is 19.0 Å². The Balaban J connectivity index is 2.41. The number of hydrogen-bond donors (Lipinski definition) is 1. The first-order valence-corrected chi connectivity index (χ1v) is 6.22. The van der Waals surface area contributed by atoms with Crippen molar-refractivity contribution >= 4 is 0 Å². The molecule has 0 aliphatic carbocycles. The van der Waals surface area contributed by atoms with Crippen LogP contribution in [0.2, 0.25) is 0 Å². The normalized spacial score (nSPS) is 12.1. The van der Waals surface area contributed by atoms with Crippen LogP contribution >= 0.6 is 0 Å². The minimum atomic E-state index is -0.863. The maximum absolute atomic E-state index is 13.3. The van der Waals surface area contributed by atoms with E-state index in [2.05, 4.69) is 0 Å². The first-order chi connectivity index (χ1) is 9.55. The van der Waals surface area contributed by atoms with E-state index in [4.69, 9.17) is 9.47 Å². The molecule has 1 unspecified atom stereocenters. The highest BCUT2D eigenvalue weighted by atomic mass is 19.1. The third-order valence-electron chi connectivity index (χ3n) is 3.19. The van der Waals surface area contributed by atoms with E-state index in [1.807, 2.05) is 0 Å². The number of benzene rings is 2. The fourth-order valence-corrected chi connectivity index (χ4v) is 2.02. The lowest BCUT2D eigenvalue weighted by Gasteiger charge is -2.15. The van der Waals surface area contributed by atoms with Gasteiger partial charge in [-0.15, -0.1) is 0 Å². The summed E-state index contributed by atoms with van der Waals surface area (Å²) >= 11 is 0. The van der Waals surface area contributed by atoms with E-state index in [0.717, 1.165) is 0 Å². The van der Waals surface area contributed by atoms with Crippen LogP contribution < -0.4 is 9.47 Å². The van der Waals surface area contributed by atoms with E-state index in [1.165, 1.54) is 6.07 Å². The maximum atomic E-state index is 13.3. The quantitative estimate of drug-likeness (QED) is 0.931. The van der Waals surface area contributed by atoms with Crippen LogP contribution in [0.3, 0.4) is 0 Å². The number of aliphatic hydroxyl groups excluding tert-OH is 1. The summed E-state index contributed by atoms with van der Waals surface area (Å²) in [6, 6.07) is 9.74. The van der Waals surface area contributed by atoms with Gasteiger partial charge in [-0.1, -0.05) is 12.1 Å². The molecule has 20 heavy (non-hydrogen) atoms. The van der Waals surface area contributed by atoms with E-state index in [1.54, 1.807) is 51.5 Å². The Kier molecular flexibility index (Phi) is 4.25. The standard InChI is InChI=1S/C16H17FO3/c1-10-6-11(4-5-15(10)17)16(18)12-7-13(19-2)9-14(8-12)20-3/h4-9,16,18H,1-3H3. The van der Waals surface area contributed by atoms with Crippen LogP contribution in [-0.2, 0) is 0 Å². The Morgan fingerprint density at radius 3 is 2.05 bits per heavy atom. The zero-order chi connectivity index (χ0) is 14.7. The Labute approximate surface area is 117 Å². The van der Waals surface area contributed by atoms with Gasteiger partial charge in [0.1, 0.15) is 23.4 Å². The fourth-order valence-electron chi connectivity index (χ4n) is 2.02. The molecule has 2 rings (SSSR count). The number of methoxy groups -OCH3 is 2. The predicted molar refractivity (Wildman–Crippen MR) is 74.7 cm³/mol. The number of rotatable bonds is 4. The van der Waals surface area contributed by atoms with Crippen molar-refractivity contribution in [3.05, 3.63) is 58.9 Å². The van der Waals surface area contributed by atoms with E-state index in [-0.39, 0.29) is 5.82 Å². The Bertz CT molecular complexity index is 588. The first kappa shape index (κ1) is 14.3. The molecule has 0 aromatic heterocycles. The molecule has 0 aliphatic rings. The van der Waals surface area contributed by atoms with Gasteiger partial charge in [-0.2, -0.15) is 0 Å². The molecule has 0 spiro atoms. The summed E-state index contributed by atoms with van der Waals surface area (Å²) in [7, 11) is 3.10. The molecule has 2 aromatic carbocycles. The highest BCUT2D eigenvalue weighted by Gasteiger charge is 2.14. The van der Waals surface area contributed by atoms with E-state index in [0.29, 0.717) is 28.2 Å². The van der Waals surface area contributed by atoms with Gasteiger partial charge in [-0.3, -0.25) is 0 Å². The van der Waals surface area contributed by atoms with Crippen molar-refractivity contribution in [3.63, 3.8) is 0 Å². The zero-order valence-corrected chi connectivity index (χ0v) is 11.7. The minimum absolute atomic E-state index is 0.288. The van der Waals surface area contributed by atoms with Crippen LogP contribution in [0.4, 0.5) is 4.39 Å². The zero-order valence-electron chi connectivity index (χ0n) is 11.7. The van der Waals surface area contributed by atoms with Crippen LogP contribution in [0.25, 0.3) is 0 Å². The Hall–Kier alpha value is -2.07. The molecule has 2 aromatic rings. The predicted octanol–water partition coefficient (Wildman–Crippen LogP) is 3.23. The summed E-state index contributed by atoms with van der Waals surface area (Å²) in [6.07, 6.45) is -0.863. The van der Waals surface area contributed by atoms with Crippen LogP contribution in [0.15, 0.2) is 36.4 Å². The summed E-state index contributed by atoms with van der Waals surface area (Å²) in [4.78, 5) is 0. The molecule has 0 saturated heterocycles. The monoisotopic (exact) mass is 276 g/mol. The van der Waals surface area contributed by atoms with Crippen molar-refractivity contribution in [1.82, 2.24) is 0 Å². The molecule has 3 nitrogen and oxygen atoms in total. The van der Waals surface area contributed by atoms with Gasteiger partial charge >= 0.3 is 0 Å². The van der Waals surface area contributed by atoms with Gasteiger partial charge < -0.3 is 14.6 Å². The Morgan fingerprint density at radius 1 is 0.950 bits per heavy atom. The average Bonchev–Trinajstić information content (AvgIpc) is 2.48. The van der Waals surface area contributed by atoms with Gasteiger partial charge in [0.2, 0.25) is 0 Å². The highest BCUT2D eigenvalue weighted by molar-refractivity contribution is 5.42. The van der Waals surface area contributed by atoms with Crippen molar-refractivity contribution in [3.8, 4) is 11.5 Å². The molecule has 0 amide bonds. The second-order valence-corrected chi connectivity index (χ2v) is 4.56. The molecule has 0 heterocycles. The number of aliphatic hydroxyl groups is 1. The SMILES string of the molecule is COc1cc(OC)cc(C(O)c2ccc(F)c(C)c2)c1. The van der Waals surface area contributed by atoms with Gasteiger partial charge in [-0.05, 0) is 41.8 Å². The summed E-state index contributed by atoms with van der Waals surface area (Å²) in [5.41, 5.74) is 1.75. The Morgan fingerprint density at radius 2 is 1.55 bits per heavy atom. The number of halogens is 1. The lowest BCUT2D eigenvalue weighted by Crippen LogP contribution is -2.02. The summed E-state index contributed by atoms with van der Waals surface area (Å²) in [6.45, 7) is 1.66. The summed E-state index contributed by atoms with van der Waals surface area (Å²) in [5.74, 6) is 0.902. The van der Waals surface area contributed by atoms with Crippen molar-refractivity contribution in [1.29, 1.82) is 0 Å². The molecule has 1 atom stereocenters. The van der Waals surface area contributed by atoms with E-state index < -0.39 is 6.10 Å². The van der Waals surface area contributed by atoms with Crippen molar-refractivity contribution in [2.75, 3.05) is 14.2 Å². The van der Waals surface area contributed by atoms with Gasteiger partial charge in [0.15, 0.2) is 0 Å². The van der Waals surface area contributed by atoms with Crippen molar-refractivity contribution in [2.24, 2.45) is 0 Å². The second kappa shape index (κ2) is 5.92. The molecule has 106 valence electrons. The van der Waals surface area contributed by atoms with Crippen LogP contribution in [0.1, 0.15) is 22.8 Å². The molecule has 1 N–H and O–H groups in total. The lowest BCUT2D eigenvalue weighted by atomic mass is 9.99. The molecule has 0 radical (unpaired) electrons. The van der Waals surface area contributed by atoms with Crippen LogP contribution in [0, 0.1) is 12.7 Å². The molecular weight excluding hydrogens is 259 g/mol. The number of aryl methyl sites for hydroxylation is 1. The minimum Gasteiger partial charge on any atom is -0.497 e. The number of hydrogen-bond acceptors (Lipinski definition) is 3. The maximum Gasteiger partial charge on any atom is 0.126 e. The smallest absolute Gasteiger partial charge is 0.126 e.